The number of ether oxygens (including phenoxy) is 1. The minimum Gasteiger partial charge on any atom is -0.439 e. The van der Waals surface area contributed by atoms with Crippen molar-refractivity contribution in [3.63, 3.8) is 0 Å². The number of rotatable bonds is 3. The number of benzene rings is 2. The molecular weight excluding hydrogens is 265 g/mol. The Balaban J connectivity index is 2.01. The molecule has 3 aromatic rings. The van der Waals surface area contributed by atoms with Gasteiger partial charge in [0.1, 0.15) is 5.75 Å². The molecule has 0 saturated carbocycles. The van der Waals surface area contributed by atoms with Crippen molar-refractivity contribution >= 4 is 23.5 Å². The Bertz CT molecular complexity index is 775. The Labute approximate surface area is 122 Å². The van der Waals surface area contributed by atoms with Gasteiger partial charge in [0, 0.05) is 10.9 Å². The number of aromatic nitrogens is 1. The van der Waals surface area contributed by atoms with E-state index < -0.39 is 7.12 Å². The quantitative estimate of drug-likeness (QED) is 0.720. The van der Waals surface area contributed by atoms with E-state index in [0.29, 0.717) is 11.3 Å². The molecule has 0 amide bonds. The highest BCUT2D eigenvalue weighted by molar-refractivity contribution is 6.58. The highest BCUT2D eigenvalue weighted by Crippen LogP contribution is 2.25. The lowest BCUT2D eigenvalue weighted by atomic mass is 9.80. The van der Waals surface area contributed by atoms with Gasteiger partial charge < -0.3 is 14.8 Å². The second-order valence-electron chi connectivity index (χ2n) is 4.85. The topological polar surface area (TPSA) is 62.6 Å². The van der Waals surface area contributed by atoms with Gasteiger partial charge >= 0.3 is 7.12 Å². The summed E-state index contributed by atoms with van der Waals surface area (Å²) in [7, 11) is -1.48. The molecule has 0 atom stereocenters. The zero-order valence-electron chi connectivity index (χ0n) is 11.5. The monoisotopic (exact) mass is 279 g/mol. The van der Waals surface area contributed by atoms with Crippen LogP contribution >= 0.6 is 0 Å². The minimum atomic E-state index is -1.48. The average molecular weight is 279 g/mol. The summed E-state index contributed by atoms with van der Waals surface area (Å²) >= 11 is 0. The molecule has 0 spiro atoms. The van der Waals surface area contributed by atoms with Crippen LogP contribution in [0.25, 0.3) is 10.9 Å². The first-order valence-electron chi connectivity index (χ1n) is 6.64. The fourth-order valence-electron chi connectivity index (χ4n) is 2.15. The van der Waals surface area contributed by atoms with Gasteiger partial charge in [-0.15, -0.1) is 0 Å². The summed E-state index contributed by atoms with van der Waals surface area (Å²) in [6, 6.07) is 16.5. The zero-order valence-corrected chi connectivity index (χ0v) is 11.5. The Morgan fingerprint density at radius 3 is 2.48 bits per heavy atom. The second-order valence-corrected chi connectivity index (χ2v) is 4.85. The largest absolute Gasteiger partial charge is 0.488 e. The normalized spacial score (nSPS) is 10.6. The molecule has 0 saturated heterocycles. The van der Waals surface area contributed by atoms with Crippen LogP contribution in [0.5, 0.6) is 11.6 Å². The Hall–Kier alpha value is -2.37. The smallest absolute Gasteiger partial charge is 0.439 e. The Kier molecular flexibility index (Phi) is 3.60. The molecule has 0 bridgehead atoms. The molecule has 104 valence electrons. The summed E-state index contributed by atoms with van der Waals surface area (Å²) in [5, 5.41) is 19.3. The van der Waals surface area contributed by atoms with E-state index in [2.05, 4.69) is 4.98 Å². The molecule has 0 aliphatic rings. The van der Waals surface area contributed by atoms with Gasteiger partial charge in [-0.25, -0.2) is 4.98 Å². The van der Waals surface area contributed by atoms with Crippen LogP contribution in [0, 0.1) is 6.92 Å². The molecule has 2 N–H and O–H groups in total. The first-order valence-corrected chi connectivity index (χ1v) is 6.64. The molecule has 0 unspecified atom stereocenters. The third-order valence-electron chi connectivity index (χ3n) is 3.24. The maximum absolute atomic E-state index is 9.21. The van der Waals surface area contributed by atoms with Gasteiger partial charge in [-0.3, -0.25) is 0 Å². The summed E-state index contributed by atoms with van der Waals surface area (Å²) < 4.78 is 5.79. The van der Waals surface area contributed by atoms with Crippen molar-refractivity contribution in [2.45, 2.75) is 6.92 Å². The van der Waals surface area contributed by atoms with Gasteiger partial charge in [0.2, 0.25) is 5.88 Å². The van der Waals surface area contributed by atoms with Crippen LogP contribution in [-0.4, -0.2) is 22.2 Å². The molecule has 3 rings (SSSR count). The van der Waals surface area contributed by atoms with Crippen molar-refractivity contribution in [2.75, 3.05) is 0 Å². The van der Waals surface area contributed by atoms with Crippen LogP contribution in [0.1, 0.15) is 5.56 Å². The maximum atomic E-state index is 9.21. The molecular formula is C16H14BNO3. The fourth-order valence-corrected chi connectivity index (χ4v) is 2.15. The fraction of sp³-hybridized carbons (Fsp3) is 0.0625. The highest BCUT2D eigenvalue weighted by atomic mass is 16.5. The van der Waals surface area contributed by atoms with E-state index in [0.717, 1.165) is 22.2 Å². The lowest BCUT2D eigenvalue weighted by Crippen LogP contribution is -2.29. The molecule has 0 fully saturated rings. The summed E-state index contributed by atoms with van der Waals surface area (Å²) in [5.41, 5.74) is 2.08. The molecule has 21 heavy (non-hydrogen) atoms. The number of pyridine rings is 1. The molecule has 1 aromatic heterocycles. The molecule has 2 aromatic carbocycles. The SMILES string of the molecule is Cc1cc2cc(B(O)O)ccc2nc1Oc1ccccc1. The standard InChI is InChI=1S/C16H14BNO3/c1-11-9-12-10-13(17(19)20)7-8-15(12)18-16(11)21-14-5-3-2-4-6-14/h2-10,19-20H,1H3. The van der Waals surface area contributed by atoms with E-state index in [1.807, 2.05) is 43.3 Å². The van der Waals surface area contributed by atoms with E-state index in [-0.39, 0.29) is 0 Å². The van der Waals surface area contributed by atoms with Crippen molar-refractivity contribution in [3.05, 3.63) is 60.2 Å². The zero-order chi connectivity index (χ0) is 14.8. The predicted octanol–water partition coefficient (Wildman–Crippen LogP) is 2.02. The number of nitrogens with zero attached hydrogens (tertiary/aromatic N) is 1. The summed E-state index contributed by atoms with van der Waals surface area (Å²) in [6.07, 6.45) is 0. The third-order valence-corrected chi connectivity index (χ3v) is 3.24. The lowest BCUT2D eigenvalue weighted by molar-refractivity contribution is 0.426. The third kappa shape index (κ3) is 2.89. The summed E-state index contributed by atoms with van der Waals surface area (Å²) in [4.78, 5) is 4.48. The van der Waals surface area contributed by atoms with Crippen molar-refractivity contribution < 1.29 is 14.8 Å². The van der Waals surface area contributed by atoms with Crippen LogP contribution < -0.4 is 10.2 Å². The summed E-state index contributed by atoms with van der Waals surface area (Å²) in [5.74, 6) is 1.28. The van der Waals surface area contributed by atoms with Gasteiger partial charge in [0.05, 0.1) is 5.52 Å². The number of fused-ring (bicyclic) bond motifs is 1. The van der Waals surface area contributed by atoms with E-state index in [4.69, 9.17) is 4.74 Å². The molecule has 4 nitrogen and oxygen atoms in total. The number of para-hydroxylation sites is 1. The first-order chi connectivity index (χ1) is 10.1. The van der Waals surface area contributed by atoms with E-state index >= 15 is 0 Å². The van der Waals surface area contributed by atoms with Gasteiger partial charge in [0.15, 0.2) is 0 Å². The predicted molar refractivity (Wildman–Crippen MR) is 82.8 cm³/mol. The van der Waals surface area contributed by atoms with Crippen LogP contribution in [-0.2, 0) is 0 Å². The van der Waals surface area contributed by atoms with Crippen molar-refractivity contribution in [3.8, 4) is 11.6 Å². The number of aryl methyl sites for hydroxylation is 1. The molecule has 5 heteroatoms. The van der Waals surface area contributed by atoms with Crippen LogP contribution in [0.4, 0.5) is 0 Å². The van der Waals surface area contributed by atoms with Crippen molar-refractivity contribution in [1.29, 1.82) is 0 Å². The van der Waals surface area contributed by atoms with E-state index in [1.165, 1.54) is 0 Å². The number of hydrogen-bond acceptors (Lipinski definition) is 4. The van der Waals surface area contributed by atoms with E-state index in [1.54, 1.807) is 18.2 Å². The van der Waals surface area contributed by atoms with Gasteiger partial charge in [-0.2, -0.15) is 0 Å². The minimum absolute atomic E-state index is 0.445. The van der Waals surface area contributed by atoms with Gasteiger partial charge in [0.25, 0.3) is 0 Å². The van der Waals surface area contributed by atoms with Crippen molar-refractivity contribution in [2.24, 2.45) is 0 Å². The summed E-state index contributed by atoms with van der Waals surface area (Å²) in [6.45, 7) is 1.91. The second kappa shape index (κ2) is 5.56. The lowest BCUT2D eigenvalue weighted by Gasteiger charge is -2.10. The van der Waals surface area contributed by atoms with Crippen LogP contribution in [0.3, 0.4) is 0 Å². The van der Waals surface area contributed by atoms with E-state index in [9.17, 15) is 10.0 Å². The Morgan fingerprint density at radius 2 is 1.76 bits per heavy atom. The molecule has 0 radical (unpaired) electrons. The van der Waals surface area contributed by atoms with Crippen LogP contribution in [0.2, 0.25) is 0 Å². The molecule has 1 heterocycles. The van der Waals surface area contributed by atoms with Crippen LogP contribution in [0.15, 0.2) is 54.6 Å². The molecule has 0 aliphatic heterocycles. The van der Waals surface area contributed by atoms with Gasteiger partial charge in [-0.05, 0) is 36.7 Å². The average Bonchev–Trinajstić information content (AvgIpc) is 2.48. The molecule has 0 aliphatic carbocycles. The van der Waals surface area contributed by atoms with Crippen molar-refractivity contribution in [1.82, 2.24) is 4.98 Å². The first kappa shape index (κ1) is 13.6. The number of hydrogen-bond donors (Lipinski definition) is 2. The highest BCUT2D eigenvalue weighted by Gasteiger charge is 2.12. The van der Waals surface area contributed by atoms with Gasteiger partial charge in [-0.1, -0.05) is 30.3 Å². The maximum Gasteiger partial charge on any atom is 0.488 e. The Morgan fingerprint density at radius 1 is 1.00 bits per heavy atom.